The summed E-state index contributed by atoms with van der Waals surface area (Å²) < 4.78 is 0. The molecule has 1 fully saturated rings. The van der Waals surface area contributed by atoms with Gasteiger partial charge < -0.3 is 5.11 Å². The molecule has 1 heteroatoms. The minimum absolute atomic E-state index is 0.160. The zero-order valence-corrected chi connectivity index (χ0v) is 11.8. The van der Waals surface area contributed by atoms with Crippen molar-refractivity contribution in [2.45, 2.75) is 64.9 Å². The highest BCUT2D eigenvalue weighted by Crippen LogP contribution is 2.29. The summed E-state index contributed by atoms with van der Waals surface area (Å²) in [6, 6.07) is 6.53. The Bertz CT molecular complexity index is 377. The first-order chi connectivity index (χ1) is 8.65. The highest BCUT2D eigenvalue weighted by molar-refractivity contribution is 5.30. The van der Waals surface area contributed by atoms with Crippen molar-refractivity contribution in [1.82, 2.24) is 0 Å². The summed E-state index contributed by atoms with van der Waals surface area (Å²) in [7, 11) is 0. The first-order valence-corrected chi connectivity index (χ1v) is 7.39. The lowest BCUT2D eigenvalue weighted by atomic mass is 9.95. The molecule has 0 amide bonds. The predicted molar refractivity (Wildman–Crippen MR) is 76.8 cm³/mol. The summed E-state index contributed by atoms with van der Waals surface area (Å²) in [6.07, 6.45) is 8.41. The third kappa shape index (κ3) is 3.84. The molecule has 2 rings (SSSR count). The molecule has 18 heavy (non-hydrogen) atoms. The molecule has 1 aliphatic rings. The maximum absolute atomic E-state index is 10.1. The molecule has 0 aromatic heterocycles. The Labute approximate surface area is 111 Å². The van der Waals surface area contributed by atoms with Gasteiger partial charge in [-0.1, -0.05) is 43.9 Å². The van der Waals surface area contributed by atoms with Gasteiger partial charge in [0.1, 0.15) is 0 Å². The first-order valence-electron chi connectivity index (χ1n) is 7.39. The lowest BCUT2D eigenvalue weighted by Crippen LogP contribution is -2.12. The Kier molecular flexibility index (Phi) is 4.82. The molecule has 1 atom stereocenters. The van der Waals surface area contributed by atoms with Gasteiger partial charge in [-0.05, 0) is 55.7 Å². The van der Waals surface area contributed by atoms with Crippen molar-refractivity contribution in [2.24, 2.45) is 5.92 Å². The lowest BCUT2D eigenvalue weighted by Gasteiger charge is -2.14. The number of rotatable bonds is 5. The van der Waals surface area contributed by atoms with E-state index in [0.29, 0.717) is 0 Å². The maximum atomic E-state index is 10.1. The zero-order chi connectivity index (χ0) is 13.0. The van der Waals surface area contributed by atoms with Gasteiger partial charge in [0, 0.05) is 0 Å². The van der Waals surface area contributed by atoms with Gasteiger partial charge in [0.05, 0.1) is 6.10 Å². The van der Waals surface area contributed by atoms with E-state index in [1.807, 2.05) is 0 Å². The normalized spacial score (nSPS) is 18.2. The van der Waals surface area contributed by atoms with E-state index in [-0.39, 0.29) is 6.10 Å². The molecule has 0 spiro atoms. The van der Waals surface area contributed by atoms with E-state index < -0.39 is 0 Å². The minimum atomic E-state index is -0.160. The Morgan fingerprint density at radius 3 is 2.56 bits per heavy atom. The molecule has 1 unspecified atom stereocenters. The SMILES string of the molecule is Cc1ccc(CC(O)CCC2CCCC2)cc1C. The van der Waals surface area contributed by atoms with E-state index in [9.17, 15) is 5.11 Å². The van der Waals surface area contributed by atoms with Gasteiger partial charge in [-0.2, -0.15) is 0 Å². The molecule has 100 valence electrons. The van der Waals surface area contributed by atoms with Crippen molar-refractivity contribution in [3.8, 4) is 0 Å². The number of hydrogen-bond donors (Lipinski definition) is 1. The van der Waals surface area contributed by atoms with Crippen LogP contribution in [-0.4, -0.2) is 11.2 Å². The summed E-state index contributed by atoms with van der Waals surface area (Å²) >= 11 is 0. The summed E-state index contributed by atoms with van der Waals surface area (Å²) in [5, 5.41) is 10.1. The quantitative estimate of drug-likeness (QED) is 0.826. The topological polar surface area (TPSA) is 20.2 Å². The van der Waals surface area contributed by atoms with Gasteiger partial charge in [0.25, 0.3) is 0 Å². The van der Waals surface area contributed by atoms with Gasteiger partial charge in [0.2, 0.25) is 0 Å². The van der Waals surface area contributed by atoms with Crippen LogP contribution in [0.2, 0.25) is 0 Å². The average molecular weight is 246 g/mol. The van der Waals surface area contributed by atoms with Crippen molar-refractivity contribution >= 4 is 0 Å². The fraction of sp³-hybridized carbons (Fsp3) is 0.647. The van der Waals surface area contributed by atoms with Crippen LogP contribution in [0.1, 0.15) is 55.2 Å². The van der Waals surface area contributed by atoms with E-state index in [0.717, 1.165) is 18.8 Å². The van der Waals surface area contributed by atoms with E-state index in [2.05, 4.69) is 32.0 Å². The first kappa shape index (κ1) is 13.6. The van der Waals surface area contributed by atoms with Gasteiger partial charge in [0.15, 0.2) is 0 Å². The molecule has 1 N–H and O–H groups in total. The second-order valence-electron chi connectivity index (χ2n) is 6.00. The zero-order valence-electron chi connectivity index (χ0n) is 11.8. The van der Waals surface area contributed by atoms with Crippen LogP contribution in [0.25, 0.3) is 0 Å². The highest BCUT2D eigenvalue weighted by Gasteiger charge is 2.16. The summed E-state index contributed by atoms with van der Waals surface area (Å²) in [6.45, 7) is 4.28. The number of hydrogen-bond acceptors (Lipinski definition) is 1. The molecule has 0 saturated heterocycles. The standard InChI is InChI=1S/C17H26O/c1-13-7-8-16(11-14(13)2)12-17(18)10-9-15-5-3-4-6-15/h7-8,11,15,17-18H,3-6,9-10,12H2,1-2H3. The van der Waals surface area contributed by atoms with Crippen LogP contribution < -0.4 is 0 Å². The van der Waals surface area contributed by atoms with Crippen LogP contribution in [0.5, 0.6) is 0 Å². The number of aliphatic hydroxyl groups excluding tert-OH is 1. The molecular weight excluding hydrogens is 220 g/mol. The number of aliphatic hydroxyl groups is 1. The van der Waals surface area contributed by atoms with Gasteiger partial charge in [-0.25, -0.2) is 0 Å². The summed E-state index contributed by atoms with van der Waals surface area (Å²) in [5.74, 6) is 0.888. The molecule has 0 aliphatic heterocycles. The molecule has 1 aromatic rings. The third-order valence-corrected chi connectivity index (χ3v) is 4.43. The van der Waals surface area contributed by atoms with Crippen LogP contribution in [0.15, 0.2) is 18.2 Å². The van der Waals surface area contributed by atoms with Crippen molar-refractivity contribution in [3.05, 3.63) is 34.9 Å². The van der Waals surface area contributed by atoms with Gasteiger partial charge >= 0.3 is 0 Å². The Morgan fingerprint density at radius 1 is 1.17 bits per heavy atom. The average Bonchev–Trinajstić information content (AvgIpc) is 2.84. The molecule has 0 radical (unpaired) electrons. The molecular formula is C17H26O. The van der Waals surface area contributed by atoms with E-state index >= 15 is 0 Å². The molecule has 0 heterocycles. The number of aryl methyl sites for hydroxylation is 2. The number of benzene rings is 1. The summed E-state index contributed by atoms with van der Waals surface area (Å²) in [5.41, 5.74) is 3.94. The van der Waals surface area contributed by atoms with Crippen molar-refractivity contribution in [2.75, 3.05) is 0 Å². The molecule has 0 bridgehead atoms. The highest BCUT2D eigenvalue weighted by atomic mass is 16.3. The second-order valence-corrected chi connectivity index (χ2v) is 6.00. The Hall–Kier alpha value is -0.820. The van der Waals surface area contributed by atoms with Crippen LogP contribution in [0.3, 0.4) is 0 Å². The molecule has 1 saturated carbocycles. The van der Waals surface area contributed by atoms with Crippen LogP contribution in [0.4, 0.5) is 0 Å². The summed E-state index contributed by atoms with van der Waals surface area (Å²) in [4.78, 5) is 0. The smallest absolute Gasteiger partial charge is 0.0580 e. The van der Waals surface area contributed by atoms with Crippen LogP contribution in [0, 0.1) is 19.8 Å². The largest absolute Gasteiger partial charge is 0.393 e. The molecule has 1 nitrogen and oxygen atoms in total. The van der Waals surface area contributed by atoms with E-state index in [4.69, 9.17) is 0 Å². The van der Waals surface area contributed by atoms with E-state index in [1.54, 1.807) is 0 Å². The van der Waals surface area contributed by atoms with Crippen molar-refractivity contribution in [1.29, 1.82) is 0 Å². The van der Waals surface area contributed by atoms with Gasteiger partial charge in [-0.15, -0.1) is 0 Å². The lowest BCUT2D eigenvalue weighted by molar-refractivity contribution is 0.155. The Morgan fingerprint density at radius 2 is 1.89 bits per heavy atom. The van der Waals surface area contributed by atoms with Crippen LogP contribution in [-0.2, 0) is 6.42 Å². The fourth-order valence-electron chi connectivity index (χ4n) is 3.03. The second kappa shape index (κ2) is 6.38. The monoisotopic (exact) mass is 246 g/mol. The molecule has 1 aromatic carbocycles. The van der Waals surface area contributed by atoms with Crippen molar-refractivity contribution < 1.29 is 5.11 Å². The van der Waals surface area contributed by atoms with E-state index in [1.165, 1.54) is 48.8 Å². The minimum Gasteiger partial charge on any atom is -0.393 e. The van der Waals surface area contributed by atoms with Crippen LogP contribution >= 0.6 is 0 Å². The predicted octanol–water partition coefficient (Wildman–Crippen LogP) is 4.18. The van der Waals surface area contributed by atoms with Crippen molar-refractivity contribution in [3.63, 3.8) is 0 Å². The third-order valence-electron chi connectivity index (χ3n) is 4.43. The Balaban J connectivity index is 1.78. The molecule has 1 aliphatic carbocycles. The maximum Gasteiger partial charge on any atom is 0.0580 e. The fourth-order valence-corrected chi connectivity index (χ4v) is 3.03. The van der Waals surface area contributed by atoms with Gasteiger partial charge in [-0.3, -0.25) is 0 Å².